The minimum absolute atomic E-state index is 0.140. The maximum atomic E-state index is 12.6. The predicted molar refractivity (Wildman–Crippen MR) is 110 cm³/mol. The number of anilines is 1. The molecule has 0 aliphatic heterocycles. The largest absolute Gasteiger partial charge is 0.321 e. The zero-order chi connectivity index (χ0) is 19.6. The molecule has 0 fully saturated rings. The Kier molecular flexibility index (Phi) is 6.03. The van der Waals surface area contributed by atoms with Crippen molar-refractivity contribution in [3.05, 3.63) is 45.6 Å². The summed E-state index contributed by atoms with van der Waals surface area (Å²) in [5.74, 6) is 0.579. The van der Waals surface area contributed by atoms with E-state index in [1.807, 2.05) is 6.07 Å². The van der Waals surface area contributed by atoms with Gasteiger partial charge in [-0.25, -0.2) is 13.1 Å². The molecule has 1 aromatic carbocycles. The van der Waals surface area contributed by atoms with Crippen molar-refractivity contribution in [3.63, 3.8) is 0 Å². The number of carbonyl (C=O) groups excluding carboxylic acids is 1. The van der Waals surface area contributed by atoms with Gasteiger partial charge < -0.3 is 5.32 Å². The number of hydrogen-bond donors (Lipinski definition) is 2. The second-order valence-corrected chi connectivity index (χ2v) is 10.2. The zero-order valence-corrected chi connectivity index (χ0v) is 17.5. The van der Waals surface area contributed by atoms with Crippen LogP contribution >= 0.6 is 11.3 Å². The summed E-state index contributed by atoms with van der Waals surface area (Å²) in [5, 5.41) is 2.87. The number of aryl methyl sites for hydroxylation is 1. The molecule has 7 heteroatoms. The summed E-state index contributed by atoms with van der Waals surface area (Å²) in [6, 6.07) is 8.09. The summed E-state index contributed by atoms with van der Waals surface area (Å²) in [5.41, 5.74) is 1.89. The molecule has 2 N–H and O–H groups in total. The lowest BCUT2D eigenvalue weighted by Crippen LogP contribution is -2.30. The van der Waals surface area contributed by atoms with Crippen LogP contribution in [-0.4, -0.2) is 20.4 Å². The number of thiophene rings is 1. The molecule has 0 bridgehead atoms. The van der Waals surface area contributed by atoms with Gasteiger partial charge in [-0.1, -0.05) is 13.3 Å². The summed E-state index contributed by atoms with van der Waals surface area (Å²) < 4.78 is 26.9. The number of fused-ring (bicyclic) bond motifs is 1. The Labute approximate surface area is 165 Å². The Morgan fingerprint density at radius 3 is 2.59 bits per heavy atom. The van der Waals surface area contributed by atoms with Gasteiger partial charge in [0, 0.05) is 16.6 Å². The highest BCUT2D eigenvalue weighted by Gasteiger charge is 2.22. The number of nitrogens with one attached hydrogen (secondary N) is 2. The van der Waals surface area contributed by atoms with Crippen molar-refractivity contribution >= 4 is 33.0 Å². The number of benzene rings is 1. The van der Waals surface area contributed by atoms with Crippen molar-refractivity contribution in [1.29, 1.82) is 0 Å². The first kappa shape index (κ1) is 20.0. The van der Waals surface area contributed by atoms with Crippen LogP contribution in [-0.2, 0) is 22.9 Å². The number of hydrogen-bond acceptors (Lipinski definition) is 4. The average Bonchev–Trinajstić information content (AvgIpc) is 3.04. The van der Waals surface area contributed by atoms with E-state index >= 15 is 0 Å². The van der Waals surface area contributed by atoms with Crippen molar-refractivity contribution in [2.24, 2.45) is 5.92 Å². The number of amides is 1. The van der Waals surface area contributed by atoms with Crippen molar-refractivity contribution in [2.75, 3.05) is 5.32 Å². The molecule has 146 valence electrons. The Bertz CT molecular complexity index is 915. The highest BCUT2D eigenvalue weighted by atomic mass is 32.2. The zero-order valence-electron chi connectivity index (χ0n) is 15.9. The maximum Gasteiger partial charge on any atom is 0.265 e. The maximum absolute atomic E-state index is 12.6. The molecule has 0 radical (unpaired) electrons. The first-order valence-corrected chi connectivity index (χ1v) is 11.6. The average molecular weight is 407 g/mol. The molecule has 1 atom stereocenters. The van der Waals surface area contributed by atoms with E-state index in [-0.39, 0.29) is 16.8 Å². The van der Waals surface area contributed by atoms with E-state index in [4.69, 9.17) is 0 Å². The van der Waals surface area contributed by atoms with E-state index in [9.17, 15) is 13.2 Å². The third kappa shape index (κ3) is 4.78. The van der Waals surface area contributed by atoms with Crippen LogP contribution in [0.15, 0.2) is 35.2 Å². The second kappa shape index (κ2) is 8.12. The summed E-state index contributed by atoms with van der Waals surface area (Å²) in [6.45, 7) is 5.77. The summed E-state index contributed by atoms with van der Waals surface area (Å²) in [6.07, 6.45) is 4.50. The minimum atomic E-state index is -3.53. The van der Waals surface area contributed by atoms with Gasteiger partial charge in [0.2, 0.25) is 10.0 Å². The van der Waals surface area contributed by atoms with E-state index in [0.29, 0.717) is 5.69 Å². The summed E-state index contributed by atoms with van der Waals surface area (Å²) >= 11 is 1.57. The predicted octanol–water partition coefficient (Wildman–Crippen LogP) is 4.20. The molecule has 1 aliphatic rings. The summed E-state index contributed by atoms with van der Waals surface area (Å²) in [7, 11) is -3.53. The molecular weight excluding hydrogens is 380 g/mol. The van der Waals surface area contributed by atoms with Crippen LogP contribution in [0.5, 0.6) is 0 Å². The monoisotopic (exact) mass is 406 g/mol. The first-order chi connectivity index (χ1) is 12.8. The van der Waals surface area contributed by atoms with E-state index < -0.39 is 10.0 Å². The molecule has 5 nitrogen and oxygen atoms in total. The number of rotatable bonds is 6. The lowest BCUT2D eigenvalue weighted by Gasteiger charge is -2.19. The van der Waals surface area contributed by atoms with Gasteiger partial charge in [0.15, 0.2) is 0 Å². The molecular formula is C20H26N2O3S2. The fourth-order valence-corrected chi connectivity index (χ4v) is 5.70. The van der Waals surface area contributed by atoms with Gasteiger partial charge in [-0.2, -0.15) is 0 Å². The highest BCUT2D eigenvalue weighted by molar-refractivity contribution is 7.89. The lowest BCUT2D eigenvalue weighted by atomic mass is 9.87. The molecule has 0 saturated carbocycles. The molecule has 1 amide bonds. The molecule has 1 unspecified atom stereocenters. The smallest absolute Gasteiger partial charge is 0.265 e. The fourth-order valence-electron chi connectivity index (χ4n) is 3.35. The van der Waals surface area contributed by atoms with Crippen LogP contribution in [0.1, 0.15) is 53.7 Å². The van der Waals surface area contributed by atoms with Gasteiger partial charge in [-0.15, -0.1) is 11.3 Å². The quantitative estimate of drug-likeness (QED) is 0.755. The topological polar surface area (TPSA) is 75.3 Å². The second-order valence-electron chi connectivity index (χ2n) is 7.33. The van der Waals surface area contributed by atoms with Crippen molar-refractivity contribution in [1.82, 2.24) is 4.72 Å². The Balaban J connectivity index is 1.69. The molecule has 1 aromatic heterocycles. The molecule has 1 heterocycles. The van der Waals surface area contributed by atoms with E-state index in [1.54, 1.807) is 37.3 Å². The molecule has 3 rings (SSSR count). The van der Waals surface area contributed by atoms with Crippen LogP contribution in [0.2, 0.25) is 0 Å². The van der Waals surface area contributed by atoms with E-state index in [2.05, 4.69) is 17.0 Å². The van der Waals surface area contributed by atoms with Gasteiger partial charge in [-0.3, -0.25) is 4.79 Å². The SMILES string of the molecule is CCC1CCc2sc(C(=O)Nc3ccc(S(=O)(=O)NC(C)C)cc3)cc2C1. The number of sulfonamides is 1. The normalized spacial score (nSPS) is 17.0. The Hall–Kier alpha value is -1.70. The number of carbonyl (C=O) groups is 1. The summed E-state index contributed by atoms with van der Waals surface area (Å²) in [4.78, 5) is 14.8. The van der Waals surface area contributed by atoms with Crippen molar-refractivity contribution < 1.29 is 13.2 Å². The van der Waals surface area contributed by atoms with E-state index in [0.717, 1.165) is 23.6 Å². The molecule has 1 aliphatic carbocycles. The highest BCUT2D eigenvalue weighted by Crippen LogP contribution is 2.33. The third-order valence-electron chi connectivity index (χ3n) is 4.80. The Morgan fingerprint density at radius 1 is 1.26 bits per heavy atom. The van der Waals surface area contributed by atoms with Gasteiger partial charge in [0.25, 0.3) is 5.91 Å². The van der Waals surface area contributed by atoms with E-state index in [1.165, 1.54) is 35.4 Å². The fraction of sp³-hybridized carbons (Fsp3) is 0.450. The van der Waals surface area contributed by atoms with Crippen LogP contribution in [0.3, 0.4) is 0 Å². The lowest BCUT2D eigenvalue weighted by molar-refractivity contribution is 0.103. The molecule has 0 saturated heterocycles. The van der Waals surface area contributed by atoms with Crippen molar-refractivity contribution in [2.45, 2.75) is 57.4 Å². The van der Waals surface area contributed by atoms with Crippen LogP contribution < -0.4 is 10.0 Å². The van der Waals surface area contributed by atoms with Crippen molar-refractivity contribution in [3.8, 4) is 0 Å². The molecule has 27 heavy (non-hydrogen) atoms. The van der Waals surface area contributed by atoms with Gasteiger partial charge in [0.1, 0.15) is 0 Å². The van der Waals surface area contributed by atoms with Crippen LogP contribution in [0.25, 0.3) is 0 Å². The van der Waals surface area contributed by atoms with Crippen LogP contribution in [0, 0.1) is 5.92 Å². The third-order valence-corrected chi connectivity index (χ3v) is 7.71. The Morgan fingerprint density at radius 2 is 1.96 bits per heavy atom. The standard InChI is InChI=1S/C20H26N2O3S2/c1-4-14-5-10-18-15(11-14)12-19(26-18)20(23)21-16-6-8-17(9-7-16)27(24,25)22-13(2)3/h6-9,12-14,22H,4-5,10-11H2,1-3H3,(H,21,23). The van der Waals surface area contributed by atoms with Gasteiger partial charge >= 0.3 is 0 Å². The van der Waals surface area contributed by atoms with Gasteiger partial charge in [-0.05, 0) is 74.9 Å². The van der Waals surface area contributed by atoms with Crippen LogP contribution in [0.4, 0.5) is 5.69 Å². The molecule has 2 aromatic rings. The minimum Gasteiger partial charge on any atom is -0.321 e. The molecule has 0 spiro atoms. The first-order valence-electron chi connectivity index (χ1n) is 9.34. The van der Waals surface area contributed by atoms with Gasteiger partial charge in [0.05, 0.1) is 9.77 Å².